The predicted molar refractivity (Wildman–Crippen MR) is 73.3 cm³/mol. The van der Waals surface area contributed by atoms with Crippen LogP contribution in [-0.2, 0) is 16.1 Å². The van der Waals surface area contributed by atoms with Gasteiger partial charge in [0, 0.05) is 16.6 Å². The Balaban J connectivity index is 2.73. The molecule has 0 aliphatic carbocycles. The van der Waals surface area contributed by atoms with Crippen molar-refractivity contribution >= 4 is 21.9 Å². The van der Waals surface area contributed by atoms with E-state index in [9.17, 15) is 9.90 Å². The molecular formula is C13H18BrNO3. The molecule has 1 aromatic carbocycles. The number of phenols is 1. The average Bonchev–Trinajstić information content (AvgIpc) is 2.32. The molecule has 0 radical (unpaired) electrons. The molecule has 1 atom stereocenters. The number of hydrogen-bond donors (Lipinski definition) is 2. The number of benzene rings is 1. The van der Waals surface area contributed by atoms with Crippen molar-refractivity contribution in [1.82, 2.24) is 5.32 Å². The highest BCUT2D eigenvalue weighted by atomic mass is 79.9. The van der Waals surface area contributed by atoms with Gasteiger partial charge >= 0.3 is 5.97 Å². The van der Waals surface area contributed by atoms with Gasteiger partial charge in [-0.1, -0.05) is 29.8 Å². The van der Waals surface area contributed by atoms with Gasteiger partial charge in [-0.3, -0.25) is 10.1 Å². The molecule has 2 N–H and O–H groups in total. The molecule has 1 aromatic rings. The maximum Gasteiger partial charge on any atom is 0.323 e. The quantitative estimate of drug-likeness (QED) is 0.819. The molecule has 100 valence electrons. The zero-order valence-electron chi connectivity index (χ0n) is 10.7. The van der Waals surface area contributed by atoms with Crippen LogP contribution in [0.3, 0.4) is 0 Å². The highest BCUT2D eigenvalue weighted by Gasteiger charge is 2.22. The Hall–Kier alpha value is -1.07. The molecular weight excluding hydrogens is 298 g/mol. The number of methoxy groups -OCH3 is 1. The minimum Gasteiger partial charge on any atom is -0.508 e. The number of aromatic hydroxyl groups is 1. The summed E-state index contributed by atoms with van der Waals surface area (Å²) in [4.78, 5) is 11.6. The second-order valence-corrected chi connectivity index (χ2v) is 5.31. The fraction of sp³-hybridized carbons (Fsp3) is 0.462. The molecule has 0 aliphatic rings. The number of carbonyl (C=O) groups is 1. The molecule has 18 heavy (non-hydrogen) atoms. The van der Waals surface area contributed by atoms with Crippen molar-refractivity contribution in [2.45, 2.75) is 26.4 Å². The maximum atomic E-state index is 11.6. The number of hydrogen-bond acceptors (Lipinski definition) is 4. The van der Waals surface area contributed by atoms with E-state index in [0.717, 1.165) is 10.0 Å². The summed E-state index contributed by atoms with van der Waals surface area (Å²) >= 11 is 3.34. The Kier molecular flexibility index (Phi) is 5.62. The largest absolute Gasteiger partial charge is 0.508 e. The number of ether oxygens (including phenoxy) is 1. The third-order valence-corrected chi connectivity index (χ3v) is 3.17. The second-order valence-electron chi connectivity index (χ2n) is 4.40. The van der Waals surface area contributed by atoms with Crippen molar-refractivity contribution in [2.24, 2.45) is 5.92 Å². The van der Waals surface area contributed by atoms with Gasteiger partial charge in [-0.05, 0) is 24.1 Å². The van der Waals surface area contributed by atoms with E-state index in [4.69, 9.17) is 4.74 Å². The molecule has 0 aromatic heterocycles. The van der Waals surface area contributed by atoms with E-state index < -0.39 is 0 Å². The van der Waals surface area contributed by atoms with Gasteiger partial charge in [0.25, 0.3) is 0 Å². The number of esters is 1. The summed E-state index contributed by atoms with van der Waals surface area (Å²) < 4.78 is 5.63. The van der Waals surface area contributed by atoms with Crippen molar-refractivity contribution in [3.63, 3.8) is 0 Å². The number of carbonyl (C=O) groups excluding carboxylic acids is 1. The van der Waals surface area contributed by atoms with Gasteiger partial charge in [-0.2, -0.15) is 0 Å². The Morgan fingerprint density at radius 3 is 2.72 bits per heavy atom. The summed E-state index contributed by atoms with van der Waals surface area (Å²) in [6, 6.07) is 4.81. The summed E-state index contributed by atoms with van der Waals surface area (Å²) in [6.45, 7) is 4.29. The van der Waals surface area contributed by atoms with E-state index in [1.54, 1.807) is 12.1 Å². The van der Waals surface area contributed by atoms with Crippen LogP contribution in [0.15, 0.2) is 22.7 Å². The molecule has 1 rings (SSSR count). The van der Waals surface area contributed by atoms with E-state index in [0.29, 0.717) is 6.54 Å². The van der Waals surface area contributed by atoms with Crippen molar-refractivity contribution < 1.29 is 14.6 Å². The number of halogens is 1. The monoisotopic (exact) mass is 315 g/mol. The van der Waals surface area contributed by atoms with Crippen LogP contribution in [0.25, 0.3) is 0 Å². The topological polar surface area (TPSA) is 58.6 Å². The van der Waals surface area contributed by atoms with Gasteiger partial charge in [0.05, 0.1) is 7.11 Å². The van der Waals surface area contributed by atoms with Crippen LogP contribution in [0.1, 0.15) is 19.4 Å². The lowest BCUT2D eigenvalue weighted by molar-refractivity contribution is -0.144. The smallest absolute Gasteiger partial charge is 0.323 e. The van der Waals surface area contributed by atoms with E-state index in [-0.39, 0.29) is 23.7 Å². The van der Waals surface area contributed by atoms with Crippen molar-refractivity contribution in [3.05, 3.63) is 28.2 Å². The van der Waals surface area contributed by atoms with Crippen LogP contribution in [-0.4, -0.2) is 24.2 Å². The first-order valence-corrected chi connectivity index (χ1v) is 6.53. The normalized spacial score (nSPS) is 12.5. The summed E-state index contributed by atoms with van der Waals surface area (Å²) in [5.74, 6) is 0.0318. The fourth-order valence-corrected chi connectivity index (χ4v) is 2.04. The lowest BCUT2D eigenvalue weighted by Gasteiger charge is -2.20. The lowest BCUT2D eigenvalue weighted by atomic mass is 10.0. The van der Waals surface area contributed by atoms with Crippen LogP contribution in [0.4, 0.5) is 0 Å². The molecule has 0 aliphatic heterocycles. The van der Waals surface area contributed by atoms with E-state index >= 15 is 0 Å². The molecule has 0 saturated carbocycles. The Bertz CT molecular complexity index is 421. The van der Waals surface area contributed by atoms with Crippen molar-refractivity contribution in [3.8, 4) is 5.75 Å². The number of phenolic OH excluding ortho intramolecular Hbond substituents is 1. The molecule has 0 unspecified atom stereocenters. The second kappa shape index (κ2) is 6.75. The molecule has 0 spiro atoms. The maximum absolute atomic E-state index is 11.6. The van der Waals surface area contributed by atoms with Gasteiger partial charge in [0.1, 0.15) is 11.8 Å². The van der Waals surface area contributed by atoms with Gasteiger partial charge < -0.3 is 9.84 Å². The van der Waals surface area contributed by atoms with Crippen LogP contribution in [0.2, 0.25) is 0 Å². The molecule has 0 saturated heterocycles. The molecule has 0 fully saturated rings. The molecule has 5 heteroatoms. The number of rotatable bonds is 5. The average molecular weight is 316 g/mol. The summed E-state index contributed by atoms with van der Waals surface area (Å²) in [5.41, 5.74) is 0.735. The zero-order valence-corrected chi connectivity index (χ0v) is 12.3. The van der Waals surface area contributed by atoms with E-state index in [1.807, 2.05) is 19.9 Å². The highest BCUT2D eigenvalue weighted by Crippen LogP contribution is 2.22. The summed E-state index contributed by atoms with van der Waals surface area (Å²) in [6.07, 6.45) is 0. The van der Waals surface area contributed by atoms with Crippen LogP contribution in [0.5, 0.6) is 5.75 Å². The molecule has 4 nitrogen and oxygen atoms in total. The van der Waals surface area contributed by atoms with Gasteiger partial charge in [0.15, 0.2) is 0 Å². The predicted octanol–water partition coefficient (Wildman–Crippen LogP) is 2.44. The van der Waals surface area contributed by atoms with E-state index in [2.05, 4.69) is 21.2 Å². The standard InChI is InChI=1S/C13H18BrNO3/c1-8(2)12(13(17)18-3)15-7-9-6-10(14)4-5-11(9)16/h4-6,8,12,15-16H,7H2,1-3H3/t12-/m0/s1. The number of nitrogens with one attached hydrogen (secondary N) is 1. The lowest BCUT2D eigenvalue weighted by Crippen LogP contribution is -2.41. The van der Waals surface area contributed by atoms with Gasteiger partial charge in [-0.25, -0.2) is 0 Å². The van der Waals surface area contributed by atoms with Crippen LogP contribution < -0.4 is 5.32 Å². The summed E-state index contributed by atoms with van der Waals surface area (Å²) in [7, 11) is 1.37. The Morgan fingerprint density at radius 2 is 2.17 bits per heavy atom. The SMILES string of the molecule is COC(=O)[C@@H](NCc1cc(Br)ccc1O)C(C)C. The first-order valence-electron chi connectivity index (χ1n) is 5.74. The minimum atomic E-state index is -0.381. The van der Waals surface area contributed by atoms with E-state index in [1.165, 1.54) is 7.11 Å². The minimum absolute atomic E-state index is 0.117. The first kappa shape index (κ1) is 15.0. The van der Waals surface area contributed by atoms with Gasteiger partial charge in [0.2, 0.25) is 0 Å². The zero-order chi connectivity index (χ0) is 13.7. The fourth-order valence-electron chi connectivity index (χ4n) is 1.63. The third-order valence-electron chi connectivity index (χ3n) is 2.68. The highest BCUT2D eigenvalue weighted by molar-refractivity contribution is 9.10. The van der Waals surface area contributed by atoms with Crippen molar-refractivity contribution in [2.75, 3.05) is 7.11 Å². The molecule has 0 bridgehead atoms. The van der Waals surface area contributed by atoms with Crippen molar-refractivity contribution in [1.29, 1.82) is 0 Å². The first-order chi connectivity index (χ1) is 8.45. The van der Waals surface area contributed by atoms with Crippen LogP contribution >= 0.6 is 15.9 Å². The molecule has 0 heterocycles. The Morgan fingerprint density at radius 1 is 1.50 bits per heavy atom. The summed E-state index contributed by atoms with van der Waals surface area (Å²) in [5, 5.41) is 12.8. The molecule has 0 amide bonds. The van der Waals surface area contributed by atoms with Crippen LogP contribution in [0, 0.1) is 5.92 Å². The Labute approximate surface area is 115 Å². The third kappa shape index (κ3) is 3.99. The van der Waals surface area contributed by atoms with Gasteiger partial charge in [-0.15, -0.1) is 0 Å².